The van der Waals surface area contributed by atoms with Gasteiger partial charge < -0.3 is 14.2 Å². The first-order chi connectivity index (χ1) is 17.9. The largest absolute Gasteiger partial charge is 0.383 e. The highest BCUT2D eigenvalue weighted by Crippen LogP contribution is 2.21. The molecule has 4 rings (SSSR count). The average molecular weight is 522 g/mol. The number of sulfone groups is 1. The van der Waals surface area contributed by atoms with E-state index in [1.807, 2.05) is 36.4 Å². The summed E-state index contributed by atoms with van der Waals surface area (Å²) in [6, 6.07) is 23.7. The molecule has 0 aliphatic rings. The van der Waals surface area contributed by atoms with Gasteiger partial charge in [0.15, 0.2) is 0 Å². The molecule has 0 N–H and O–H groups in total. The van der Waals surface area contributed by atoms with Crippen molar-refractivity contribution in [2.75, 3.05) is 20.3 Å². The van der Waals surface area contributed by atoms with Crippen molar-refractivity contribution in [3.8, 4) is 0 Å². The molecule has 0 radical (unpaired) electrons. The number of amides is 1. The van der Waals surface area contributed by atoms with Crippen LogP contribution in [0.15, 0.2) is 96.3 Å². The minimum absolute atomic E-state index is 0.0591. The first-order valence-corrected chi connectivity index (χ1v) is 13.4. The van der Waals surface area contributed by atoms with E-state index in [-0.39, 0.29) is 43.1 Å². The second-order valence-corrected chi connectivity index (χ2v) is 10.5. The van der Waals surface area contributed by atoms with Crippen LogP contribution < -0.4 is 0 Å². The molecule has 1 aromatic heterocycles. The van der Waals surface area contributed by atoms with Gasteiger partial charge in [-0.05, 0) is 35.4 Å². The first kappa shape index (κ1) is 26.2. The molecule has 0 saturated carbocycles. The van der Waals surface area contributed by atoms with Gasteiger partial charge >= 0.3 is 0 Å². The Morgan fingerprint density at radius 3 is 2.19 bits per heavy atom. The van der Waals surface area contributed by atoms with Crippen molar-refractivity contribution in [1.29, 1.82) is 0 Å². The maximum absolute atomic E-state index is 13.5. The molecule has 0 bridgehead atoms. The highest BCUT2D eigenvalue weighted by atomic mass is 32.2. The fraction of sp³-hybridized carbons (Fsp3) is 0.214. The van der Waals surface area contributed by atoms with E-state index in [0.29, 0.717) is 16.8 Å². The molecule has 0 saturated heterocycles. The summed E-state index contributed by atoms with van der Waals surface area (Å²) in [5.41, 5.74) is 2.43. The maximum Gasteiger partial charge on any atom is 0.254 e. The Labute approximate surface area is 216 Å². The quantitative estimate of drug-likeness (QED) is 0.293. The zero-order valence-electron chi connectivity index (χ0n) is 20.5. The Morgan fingerprint density at radius 2 is 1.57 bits per heavy atom. The van der Waals surface area contributed by atoms with Gasteiger partial charge in [-0.2, -0.15) is 0 Å². The van der Waals surface area contributed by atoms with Crippen molar-refractivity contribution in [1.82, 2.24) is 14.5 Å². The summed E-state index contributed by atoms with van der Waals surface area (Å²) in [5.74, 6) is -0.951. The molecule has 0 atom stereocenters. The van der Waals surface area contributed by atoms with E-state index < -0.39 is 15.7 Å². The number of rotatable bonds is 11. The molecular formula is C28H28FN3O4S. The summed E-state index contributed by atoms with van der Waals surface area (Å²) in [4.78, 5) is 19.1. The Kier molecular flexibility index (Phi) is 8.47. The number of benzene rings is 3. The molecule has 0 spiro atoms. The monoisotopic (exact) mass is 521 g/mol. The van der Waals surface area contributed by atoms with E-state index in [1.54, 1.807) is 33.7 Å². The van der Waals surface area contributed by atoms with Crippen molar-refractivity contribution in [3.05, 3.63) is 119 Å². The summed E-state index contributed by atoms with van der Waals surface area (Å²) < 4.78 is 47.2. The predicted molar refractivity (Wildman–Crippen MR) is 138 cm³/mol. The number of imidazole rings is 1. The lowest BCUT2D eigenvalue weighted by Crippen LogP contribution is -2.34. The van der Waals surface area contributed by atoms with Gasteiger partial charge in [-0.25, -0.2) is 17.8 Å². The summed E-state index contributed by atoms with van der Waals surface area (Å²) in [6.07, 6.45) is 1.50. The zero-order valence-corrected chi connectivity index (χ0v) is 21.3. The van der Waals surface area contributed by atoms with Gasteiger partial charge in [-0.3, -0.25) is 4.79 Å². The van der Waals surface area contributed by atoms with Crippen LogP contribution in [0.25, 0.3) is 0 Å². The van der Waals surface area contributed by atoms with Gasteiger partial charge in [0, 0.05) is 19.2 Å². The summed E-state index contributed by atoms with van der Waals surface area (Å²) in [7, 11) is -2.25. The molecule has 0 aliphatic carbocycles. The van der Waals surface area contributed by atoms with Crippen LogP contribution in [0.1, 0.15) is 27.2 Å². The van der Waals surface area contributed by atoms with Crippen LogP contribution in [-0.2, 0) is 33.4 Å². The molecule has 0 aliphatic heterocycles. The van der Waals surface area contributed by atoms with Gasteiger partial charge in [0.25, 0.3) is 5.91 Å². The van der Waals surface area contributed by atoms with Crippen LogP contribution in [0, 0.1) is 5.82 Å². The lowest BCUT2D eigenvalue weighted by Gasteiger charge is -2.23. The van der Waals surface area contributed by atoms with E-state index >= 15 is 0 Å². The second kappa shape index (κ2) is 11.9. The minimum Gasteiger partial charge on any atom is -0.383 e. The highest BCUT2D eigenvalue weighted by molar-refractivity contribution is 7.90. The lowest BCUT2D eigenvalue weighted by molar-refractivity contribution is 0.0675. The number of methoxy groups -OCH3 is 1. The molecule has 0 unspecified atom stereocenters. The van der Waals surface area contributed by atoms with Crippen LogP contribution in [-0.4, -0.2) is 49.0 Å². The van der Waals surface area contributed by atoms with Crippen molar-refractivity contribution in [2.45, 2.75) is 24.0 Å². The molecule has 0 fully saturated rings. The molecule has 1 amide bonds. The number of carbonyl (C=O) groups excluding carboxylic acids is 1. The first-order valence-electron chi connectivity index (χ1n) is 11.8. The van der Waals surface area contributed by atoms with Crippen LogP contribution in [0.3, 0.4) is 0 Å². The molecule has 7 nitrogen and oxygen atoms in total. The average Bonchev–Trinajstić information content (AvgIpc) is 3.30. The lowest BCUT2D eigenvalue weighted by atomic mass is 10.2. The fourth-order valence-electron chi connectivity index (χ4n) is 3.98. The van der Waals surface area contributed by atoms with Crippen LogP contribution in [0.5, 0.6) is 0 Å². The molecule has 4 aromatic rings. The number of nitrogens with zero attached hydrogens (tertiary/aromatic N) is 3. The number of aromatic nitrogens is 2. The Balaban J connectivity index is 1.70. The number of ether oxygens (including phenoxy) is 1. The maximum atomic E-state index is 13.5. The van der Waals surface area contributed by atoms with Gasteiger partial charge in [-0.1, -0.05) is 60.7 Å². The third-order valence-electron chi connectivity index (χ3n) is 5.86. The standard InChI is InChI=1S/C28H28FN3O4S/c1-36-17-16-31(27(33)24-12-14-25(29)15-13-24)20-26-18-30-28(32(26)19-22-8-4-2-5-9-22)37(34,35)21-23-10-6-3-7-11-23/h2-15,18H,16-17,19-21H2,1H3. The number of hydrogen-bond donors (Lipinski definition) is 0. The van der Waals surface area contributed by atoms with Crippen LogP contribution in [0.2, 0.25) is 0 Å². The highest BCUT2D eigenvalue weighted by Gasteiger charge is 2.26. The van der Waals surface area contributed by atoms with Crippen LogP contribution in [0.4, 0.5) is 4.39 Å². The summed E-state index contributed by atoms with van der Waals surface area (Å²) in [5, 5.41) is -0.0591. The smallest absolute Gasteiger partial charge is 0.254 e. The van der Waals surface area contributed by atoms with E-state index in [1.165, 1.54) is 37.6 Å². The third kappa shape index (κ3) is 6.69. The molecule has 192 valence electrons. The predicted octanol–water partition coefficient (Wildman–Crippen LogP) is 4.33. The molecule has 3 aromatic carbocycles. The molecular weight excluding hydrogens is 493 g/mol. The number of halogens is 1. The SMILES string of the molecule is COCCN(Cc1cnc(S(=O)(=O)Cc2ccccc2)n1Cc1ccccc1)C(=O)c1ccc(F)cc1. The van der Waals surface area contributed by atoms with E-state index in [2.05, 4.69) is 4.98 Å². The van der Waals surface area contributed by atoms with E-state index in [0.717, 1.165) is 5.56 Å². The van der Waals surface area contributed by atoms with Gasteiger partial charge in [-0.15, -0.1) is 0 Å². The molecule has 9 heteroatoms. The van der Waals surface area contributed by atoms with Gasteiger partial charge in [0.1, 0.15) is 5.82 Å². The van der Waals surface area contributed by atoms with E-state index in [4.69, 9.17) is 4.74 Å². The minimum atomic E-state index is -3.79. The van der Waals surface area contributed by atoms with Gasteiger partial charge in [0.2, 0.25) is 15.0 Å². The van der Waals surface area contributed by atoms with Crippen molar-refractivity contribution in [2.24, 2.45) is 0 Å². The number of carbonyl (C=O) groups is 1. The Bertz CT molecular complexity index is 1420. The summed E-state index contributed by atoms with van der Waals surface area (Å²) >= 11 is 0. The third-order valence-corrected chi connectivity index (χ3v) is 7.45. The fourth-order valence-corrected chi connectivity index (χ4v) is 5.48. The second-order valence-electron chi connectivity index (χ2n) is 8.57. The van der Waals surface area contributed by atoms with Crippen LogP contribution >= 0.6 is 0 Å². The molecule has 37 heavy (non-hydrogen) atoms. The zero-order chi connectivity index (χ0) is 26.3. The van der Waals surface area contributed by atoms with Gasteiger partial charge in [0.05, 0.1) is 37.3 Å². The Hall–Kier alpha value is -3.82. The Morgan fingerprint density at radius 1 is 0.946 bits per heavy atom. The number of hydrogen-bond acceptors (Lipinski definition) is 5. The normalized spacial score (nSPS) is 11.4. The van der Waals surface area contributed by atoms with E-state index in [9.17, 15) is 17.6 Å². The summed E-state index contributed by atoms with van der Waals surface area (Å²) in [6.45, 7) is 0.900. The van der Waals surface area contributed by atoms with Crippen molar-refractivity contribution >= 4 is 15.7 Å². The topological polar surface area (TPSA) is 81.5 Å². The van der Waals surface area contributed by atoms with Crippen molar-refractivity contribution < 1.29 is 22.3 Å². The molecule has 1 heterocycles. The van der Waals surface area contributed by atoms with Crippen molar-refractivity contribution in [3.63, 3.8) is 0 Å².